The summed E-state index contributed by atoms with van der Waals surface area (Å²) in [6, 6.07) is 6.53. The van der Waals surface area contributed by atoms with Crippen molar-refractivity contribution in [3.8, 4) is 11.1 Å². The van der Waals surface area contributed by atoms with E-state index in [2.05, 4.69) is 52.5 Å². The quantitative estimate of drug-likeness (QED) is 0.516. The Balaban J connectivity index is 1.46. The van der Waals surface area contributed by atoms with E-state index in [0.717, 1.165) is 55.3 Å². The molecular weight excluding hydrogens is 416 g/mol. The Kier molecular flexibility index (Phi) is 5.95. The zero-order valence-corrected chi connectivity index (χ0v) is 19.4. The van der Waals surface area contributed by atoms with E-state index in [4.69, 9.17) is 4.74 Å². The van der Waals surface area contributed by atoms with Crippen LogP contribution in [0, 0.1) is 5.41 Å². The molecule has 0 bridgehead atoms. The predicted octanol–water partition coefficient (Wildman–Crippen LogP) is 3.26. The van der Waals surface area contributed by atoms with Gasteiger partial charge in [0.15, 0.2) is 0 Å². The first kappa shape index (κ1) is 22.1. The zero-order chi connectivity index (χ0) is 23.0. The first-order valence-electron chi connectivity index (χ1n) is 11.7. The largest absolute Gasteiger partial charge is 0.396 e. The molecule has 1 aromatic carbocycles. The van der Waals surface area contributed by atoms with Gasteiger partial charge in [-0.3, -0.25) is 4.79 Å². The average molecular weight is 449 g/mol. The highest BCUT2D eigenvalue weighted by Gasteiger charge is 2.36. The van der Waals surface area contributed by atoms with Crippen LogP contribution >= 0.6 is 0 Å². The van der Waals surface area contributed by atoms with E-state index in [0.29, 0.717) is 24.4 Å². The molecule has 0 radical (unpaired) electrons. The number of hydrogen-bond acceptors (Lipinski definition) is 5. The van der Waals surface area contributed by atoms with Gasteiger partial charge in [-0.2, -0.15) is 0 Å². The van der Waals surface area contributed by atoms with E-state index in [1.54, 1.807) is 6.20 Å². The number of aromatic nitrogens is 2. The van der Waals surface area contributed by atoms with Gasteiger partial charge in [-0.15, -0.1) is 0 Å². The van der Waals surface area contributed by atoms with Crippen molar-refractivity contribution in [3.05, 3.63) is 52.8 Å². The lowest BCUT2D eigenvalue weighted by atomic mass is 9.69. The number of carbonyl (C=O) groups excluding carboxylic acids is 1. The number of amides is 1. The van der Waals surface area contributed by atoms with Crippen molar-refractivity contribution in [1.29, 1.82) is 0 Å². The lowest BCUT2D eigenvalue weighted by molar-refractivity contribution is 0.0429. The molecular formula is C26H32N4O3. The molecule has 0 unspecified atom stereocenters. The van der Waals surface area contributed by atoms with Crippen LogP contribution in [0.2, 0.25) is 0 Å². The Morgan fingerprint density at radius 3 is 2.85 bits per heavy atom. The van der Waals surface area contributed by atoms with Gasteiger partial charge in [-0.25, -0.2) is 4.98 Å². The third-order valence-corrected chi connectivity index (χ3v) is 7.17. The Bertz CT molecular complexity index is 1170. The summed E-state index contributed by atoms with van der Waals surface area (Å²) in [5, 5.41) is 13.5. The number of nitrogens with one attached hydrogen (secondary N) is 2. The van der Waals surface area contributed by atoms with Crippen LogP contribution < -0.4 is 5.32 Å². The van der Waals surface area contributed by atoms with Crippen LogP contribution in [0.4, 0.5) is 0 Å². The van der Waals surface area contributed by atoms with Gasteiger partial charge in [0.25, 0.3) is 5.91 Å². The van der Waals surface area contributed by atoms with Crippen LogP contribution in [0.5, 0.6) is 0 Å². The van der Waals surface area contributed by atoms with Crippen molar-refractivity contribution in [3.63, 3.8) is 0 Å². The van der Waals surface area contributed by atoms with Gasteiger partial charge < -0.3 is 25.0 Å². The minimum atomic E-state index is -0.152. The van der Waals surface area contributed by atoms with Crippen molar-refractivity contribution in [2.45, 2.75) is 38.8 Å². The van der Waals surface area contributed by atoms with Crippen LogP contribution in [0.15, 0.2) is 30.6 Å². The summed E-state index contributed by atoms with van der Waals surface area (Å²) >= 11 is 0. The number of hydrogen-bond donors (Lipinski definition) is 3. The fraction of sp³-hybridized carbons (Fsp3) is 0.462. The lowest BCUT2D eigenvalue weighted by Gasteiger charge is -2.40. The molecule has 2 aliphatic rings. The molecule has 3 N–H and O–H groups in total. The molecule has 3 heterocycles. The molecule has 174 valence electrons. The van der Waals surface area contributed by atoms with Gasteiger partial charge in [0, 0.05) is 41.8 Å². The summed E-state index contributed by atoms with van der Waals surface area (Å²) in [5.41, 5.74) is 7.14. The molecule has 1 amide bonds. The lowest BCUT2D eigenvalue weighted by Crippen LogP contribution is -2.44. The summed E-state index contributed by atoms with van der Waals surface area (Å²) in [7, 11) is 4.15. The third-order valence-electron chi connectivity index (χ3n) is 7.17. The molecule has 1 saturated carbocycles. The SMILES string of the molecule is CN(C)Cc1cc(-c2cnc3[nH]cc(C(=O)NCC4(CO)CCC4)c3c2)cc2c1COCC2. The van der Waals surface area contributed by atoms with Gasteiger partial charge >= 0.3 is 0 Å². The smallest absolute Gasteiger partial charge is 0.253 e. The highest BCUT2D eigenvalue weighted by atomic mass is 16.5. The number of carbonyl (C=O) groups is 1. The normalized spacial score (nSPS) is 17.1. The minimum Gasteiger partial charge on any atom is -0.396 e. The van der Waals surface area contributed by atoms with E-state index in [1.165, 1.54) is 16.7 Å². The second-order valence-corrected chi connectivity index (χ2v) is 9.83. The van der Waals surface area contributed by atoms with E-state index >= 15 is 0 Å². The van der Waals surface area contributed by atoms with E-state index in [-0.39, 0.29) is 17.9 Å². The Morgan fingerprint density at radius 2 is 2.12 bits per heavy atom. The number of ether oxygens (including phenoxy) is 1. The number of aromatic amines is 1. The van der Waals surface area contributed by atoms with Crippen molar-refractivity contribution >= 4 is 16.9 Å². The standard InChI is InChI=1S/C26H32N4O3/c1-30(2)13-20-9-18(8-17-4-7-33-14-23(17)20)19-10-21-22(12-28-24(21)27-11-19)25(32)29-15-26(16-31)5-3-6-26/h8-12,31H,3-7,13-16H2,1-2H3,(H,27,28)(H,29,32). The number of nitrogens with zero attached hydrogens (tertiary/aromatic N) is 2. The molecule has 33 heavy (non-hydrogen) atoms. The second-order valence-electron chi connectivity index (χ2n) is 9.83. The Labute approximate surface area is 194 Å². The van der Waals surface area contributed by atoms with Crippen molar-refractivity contribution < 1.29 is 14.6 Å². The van der Waals surface area contributed by atoms with Crippen molar-refractivity contribution in [1.82, 2.24) is 20.2 Å². The minimum absolute atomic E-state index is 0.117. The number of pyridine rings is 1. The van der Waals surface area contributed by atoms with Crippen molar-refractivity contribution in [2.24, 2.45) is 5.41 Å². The maximum atomic E-state index is 13.0. The number of aliphatic hydroxyl groups is 1. The molecule has 3 aromatic rings. The highest BCUT2D eigenvalue weighted by molar-refractivity contribution is 6.06. The predicted molar refractivity (Wildman–Crippen MR) is 128 cm³/mol. The topological polar surface area (TPSA) is 90.5 Å². The Morgan fingerprint density at radius 1 is 1.27 bits per heavy atom. The highest BCUT2D eigenvalue weighted by Crippen LogP contribution is 2.39. The summed E-state index contributed by atoms with van der Waals surface area (Å²) in [4.78, 5) is 22.9. The van der Waals surface area contributed by atoms with E-state index in [9.17, 15) is 9.90 Å². The summed E-state index contributed by atoms with van der Waals surface area (Å²) in [5.74, 6) is -0.129. The molecule has 0 saturated heterocycles. The molecule has 5 rings (SSSR count). The fourth-order valence-electron chi connectivity index (χ4n) is 4.99. The third kappa shape index (κ3) is 4.28. The van der Waals surface area contributed by atoms with E-state index < -0.39 is 0 Å². The fourth-order valence-corrected chi connectivity index (χ4v) is 4.99. The summed E-state index contributed by atoms with van der Waals surface area (Å²) < 4.78 is 5.73. The molecule has 1 fully saturated rings. The molecule has 1 aliphatic heterocycles. The first-order valence-corrected chi connectivity index (χ1v) is 11.7. The van der Waals surface area contributed by atoms with Gasteiger partial charge in [0.05, 0.1) is 25.4 Å². The molecule has 7 nitrogen and oxygen atoms in total. The summed E-state index contributed by atoms with van der Waals surface area (Å²) in [6.45, 7) is 2.87. The maximum absolute atomic E-state index is 13.0. The van der Waals surface area contributed by atoms with Gasteiger partial charge in [0.1, 0.15) is 5.65 Å². The first-order chi connectivity index (χ1) is 16.0. The molecule has 0 atom stereocenters. The Hall–Kier alpha value is -2.74. The van der Waals surface area contributed by atoms with Gasteiger partial charge in [-0.1, -0.05) is 12.5 Å². The number of H-pyrrole nitrogens is 1. The second kappa shape index (κ2) is 8.89. The van der Waals surface area contributed by atoms with Crippen molar-refractivity contribution in [2.75, 3.05) is 33.9 Å². The van der Waals surface area contributed by atoms with E-state index in [1.807, 2.05) is 6.20 Å². The average Bonchev–Trinajstić information content (AvgIpc) is 3.21. The maximum Gasteiger partial charge on any atom is 0.253 e. The zero-order valence-electron chi connectivity index (χ0n) is 19.4. The van der Waals surface area contributed by atoms with Crippen LogP contribution in [0.25, 0.3) is 22.2 Å². The molecule has 1 aliphatic carbocycles. The number of benzene rings is 1. The number of fused-ring (bicyclic) bond motifs is 2. The number of rotatable bonds is 7. The monoisotopic (exact) mass is 448 g/mol. The molecule has 0 spiro atoms. The van der Waals surface area contributed by atoms with Crippen LogP contribution in [-0.2, 0) is 24.3 Å². The van der Waals surface area contributed by atoms with Crippen LogP contribution in [-0.4, -0.2) is 59.7 Å². The van der Waals surface area contributed by atoms with Gasteiger partial charge in [0.2, 0.25) is 0 Å². The molecule has 2 aromatic heterocycles. The molecule has 7 heteroatoms. The van der Waals surface area contributed by atoms with Crippen LogP contribution in [0.3, 0.4) is 0 Å². The number of aliphatic hydroxyl groups excluding tert-OH is 1. The van der Waals surface area contributed by atoms with Crippen LogP contribution in [0.1, 0.15) is 46.3 Å². The summed E-state index contributed by atoms with van der Waals surface area (Å²) in [6.07, 6.45) is 7.54. The van der Waals surface area contributed by atoms with Gasteiger partial charge in [-0.05, 0) is 67.7 Å².